The van der Waals surface area contributed by atoms with Crippen LogP contribution < -0.4 is 10.1 Å². The summed E-state index contributed by atoms with van der Waals surface area (Å²) in [6.45, 7) is 4.03. The highest BCUT2D eigenvalue weighted by molar-refractivity contribution is 8.18. The molecule has 0 unspecified atom stereocenters. The van der Waals surface area contributed by atoms with E-state index in [0.717, 1.165) is 28.5 Å². The van der Waals surface area contributed by atoms with Crippen LogP contribution in [0.3, 0.4) is 0 Å². The molecule has 1 aliphatic heterocycles. The lowest BCUT2D eigenvalue weighted by atomic mass is 10.1. The van der Waals surface area contributed by atoms with E-state index in [1.54, 1.807) is 24.3 Å². The van der Waals surface area contributed by atoms with Crippen molar-refractivity contribution in [2.75, 3.05) is 11.9 Å². The molecule has 172 valence electrons. The summed E-state index contributed by atoms with van der Waals surface area (Å²) in [5.74, 6) is -0.185. The highest BCUT2D eigenvalue weighted by Crippen LogP contribution is 2.34. The Labute approximate surface area is 202 Å². The van der Waals surface area contributed by atoms with Gasteiger partial charge in [-0.3, -0.25) is 19.3 Å². The fraction of sp³-hybridized carbons (Fsp3) is 0.148. The number of rotatable bonds is 7. The Morgan fingerprint density at radius 3 is 2.47 bits per heavy atom. The number of ether oxygens (including phenoxy) is 1. The van der Waals surface area contributed by atoms with Crippen molar-refractivity contribution in [1.29, 1.82) is 0 Å². The average molecular weight is 473 g/mol. The third-order valence-electron chi connectivity index (χ3n) is 5.41. The number of hydrogen-bond acceptors (Lipinski definition) is 5. The van der Waals surface area contributed by atoms with Crippen LogP contribution in [0, 0.1) is 13.8 Å². The highest BCUT2D eigenvalue weighted by Gasteiger charge is 2.35. The molecule has 0 bridgehead atoms. The van der Waals surface area contributed by atoms with Gasteiger partial charge in [0.1, 0.15) is 5.75 Å². The average Bonchev–Trinajstić information content (AvgIpc) is 3.09. The van der Waals surface area contributed by atoms with Crippen molar-refractivity contribution in [3.05, 3.63) is 100.0 Å². The van der Waals surface area contributed by atoms with Gasteiger partial charge >= 0.3 is 0 Å². The molecule has 7 heteroatoms. The molecule has 4 rings (SSSR count). The number of hydrogen-bond donors (Lipinski definition) is 1. The smallest absolute Gasteiger partial charge is 0.293 e. The van der Waals surface area contributed by atoms with Gasteiger partial charge < -0.3 is 10.1 Å². The second-order valence-corrected chi connectivity index (χ2v) is 8.92. The third-order valence-corrected chi connectivity index (χ3v) is 6.32. The molecule has 0 aromatic heterocycles. The Morgan fingerprint density at radius 1 is 0.971 bits per heavy atom. The topological polar surface area (TPSA) is 75.7 Å². The Kier molecular flexibility index (Phi) is 7.13. The van der Waals surface area contributed by atoms with E-state index in [9.17, 15) is 14.4 Å². The molecule has 3 aromatic rings. The molecule has 34 heavy (non-hydrogen) atoms. The van der Waals surface area contributed by atoms with E-state index in [1.807, 2.05) is 68.4 Å². The zero-order valence-electron chi connectivity index (χ0n) is 18.9. The summed E-state index contributed by atoms with van der Waals surface area (Å²) < 4.78 is 5.74. The van der Waals surface area contributed by atoms with Gasteiger partial charge in [-0.25, -0.2) is 0 Å². The number of para-hydroxylation sites is 1. The lowest BCUT2D eigenvalue weighted by Gasteiger charge is -2.12. The van der Waals surface area contributed by atoms with Gasteiger partial charge in [-0.2, -0.15) is 0 Å². The Morgan fingerprint density at radius 2 is 1.71 bits per heavy atom. The molecular formula is C27H24N2O4S. The fourth-order valence-electron chi connectivity index (χ4n) is 3.43. The summed E-state index contributed by atoms with van der Waals surface area (Å²) in [7, 11) is 0. The molecule has 1 aliphatic rings. The van der Waals surface area contributed by atoms with E-state index in [0.29, 0.717) is 21.9 Å². The molecule has 1 fully saturated rings. The molecule has 1 saturated heterocycles. The minimum Gasteiger partial charge on any atom is -0.483 e. The number of thioether (sulfide) groups is 1. The van der Waals surface area contributed by atoms with Gasteiger partial charge in [-0.15, -0.1) is 0 Å². The molecule has 0 atom stereocenters. The Hall–Kier alpha value is -3.84. The van der Waals surface area contributed by atoms with Crippen LogP contribution in [0.5, 0.6) is 5.75 Å². The van der Waals surface area contributed by atoms with Crippen molar-refractivity contribution in [2.45, 2.75) is 20.4 Å². The molecule has 1 heterocycles. The minimum atomic E-state index is -0.346. The first-order chi connectivity index (χ1) is 16.4. The predicted molar refractivity (Wildman–Crippen MR) is 134 cm³/mol. The first-order valence-corrected chi connectivity index (χ1v) is 11.6. The van der Waals surface area contributed by atoms with Crippen LogP contribution in [0.4, 0.5) is 10.5 Å². The van der Waals surface area contributed by atoms with E-state index in [1.165, 1.54) is 4.90 Å². The number of aryl methyl sites for hydroxylation is 2. The predicted octanol–water partition coefficient (Wildman–Crippen LogP) is 5.56. The Balaban J connectivity index is 1.43. The number of carbonyl (C=O) groups excluding carboxylic acids is 3. The van der Waals surface area contributed by atoms with Crippen molar-refractivity contribution < 1.29 is 19.1 Å². The second kappa shape index (κ2) is 10.4. The lowest BCUT2D eigenvalue weighted by molar-refractivity contribution is -0.123. The number of imide groups is 1. The molecule has 0 saturated carbocycles. The SMILES string of the molecule is Cc1ccc(NC(=O)COc2ccccc2/C=C2\SC(=O)N(Cc3ccccc3)C2=O)cc1C. The van der Waals surface area contributed by atoms with Crippen molar-refractivity contribution >= 4 is 40.6 Å². The molecule has 0 aliphatic carbocycles. The molecular weight excluding hydrogens is 448 g/mol. The summed E-state index contributed by atoms with van der Waals surface area (Å²) in [5, 5.41) is 2.51. The third kappa shape index (κ3) is 5.55. The maximum Gasteiger partial charge on any atom is 0.293 e. The Bertz CT molecular complexity index is 1270. The van der Waals surface area contributed by atoms with Gasteiger partial charge in [-0.05, 0) is 66.6 Å². The molecule has 6 nitrogen and oxygen atoms in total. The van der Waals surface area contributed by atoms with Crippen molar-refractivity contribution in [3.8, 4) is 5.75 Å². The van der Waals surface area contributed by atoms with Crippen LogP contribution in [0.2, 0.25) is 0 Å². The van der Waals surface area contributed by atoms with Gasteiger partial charge in [0.2, 0.25) is 0 Å². The van der Waals surface area contributed by atoms with Crippen molar-refractivity contribution in [2.24, 2.45) is 0 Å². The first-order valence-electron chi connectivity index (χ1n) is 10.8. The quantitative estimate of drug-likeness (QED) is 0.456. The summed E-state index contributed by atoms with van der Waals surface area (Å²) in [6.07, 6.45) is 1.63. The molecule has 0 spiro atoms. The summed E-state index contributed by atoms with van der Waals surface area (Å²) >= 11 is 0.897. The van der Waals surface area contributed by atoms with E-state index in [4.69, 9.17) is 4.74 Å². The number of carbonyl (C=O) groups is 3. The molecule has 3 aromatic carbocycles. The van der Waals surface area contributed by atoms with Crippen molar-refractivity contribution in [1.82, 2.24) is 4.90 Å². The summed E-state index contributed by atoms with van der Waals surface area (Å²) in [5.41, 5.74) is 4.44. The van der Waals surface area contributed by atoms with Crippen molar-refractivity contribution in [3.63, 3.8) is 0 Å². The van der Waals surface area contributed by atoms with Crippen LogP contribution in [0.1, 0.15) is 22.3 Å². The van der Waals surface area contributed by atoms with Gasteiger partial charge in [0.05, 0.1) is 11.4 Å². The largest absolute Gasteiger partial charge is 0.483 e. The fourth-order valence-corrected chi connectivity index (χ4v) is 4.26. The van der Waals surface area contributed by atoms with Crippen LogP contribution in [0.15, 0.2) is 77.7 Å². The van der Waals surface area contributed by atoms with Crippen LogP contribution >= 0.6 is 11.8 Å². The molecule has 0 radical (unpaired) electrons. The van der Waals surface area contributed by atoms with Crippen LogP contribution in [0.25, 0.3) is 6.08 Å². The van der Waals surface area contributed by atoms with E-state index >= 15 is 0 Å². The number of benzene rings is 3. The number of nitrogens with zero attached hydrogens (tertiary/aromatic N) is 1. The van der Waals surface area contributed by atoms with Gasteiger partial charge in [0.15, 0.2) is 6.61 Å². The highest BCUT2D eigenvalue weighted by atomic mass is 32.2. The lowest BCUT2D eigenvalue weighted by Crippen LogP contribution is -2.27. The zero-order chi connectivity index (χ0) is 24.1. The minimum absolute atomic E-state index is 0.187. The first kappa shape index (κ1) is 23.3. The van der Waals surface area contributed by atoms with E-state index in [-0.39, 0.29) is 30.2 Å². The maximum atomic E-state index is 12.9. The number of amides is 3. The van der Waals surface area contributed by atoms with Gasteiger partial charge in [-0.1, -0.05) is 54.6 Å². The summed E-state index contributed by atoms with van der Waals surface area (Å²) in [4.78, 5) is 39.3. The standard InChI is InChI=1S/C27H24N2O4S/c1-18-12-13-22(14-19(18)2)28-25(30)17-33-23-11-7-6-10-21(23)15-24-26(31)29(27(32)34-24)16-20-8-4-3-5-9-20/h3-15H,16-17H2,1-2H3,(H,28,30)/b24-15-. The van der Waals surface area contributed by atoms with Crippen LogP contribution in [-0.4, -0.2) is 28.6 Å². The van der Waals surface area contributed by atoms with E-state index in [2.05, 4.69) is 5.32 Å². The van der Waals surface area contributed by atoms with Gasteiger partial charge in [0.25, 0.3) is 17.1 Å². The summed E-state index contributed by atoms with van der Waals surface area (Å²) in [6, 6.07) is 22.2. The molecule has 3 amide bonds. The van der Waals surface area contributed by atoms with Gasteiger partial charge in [0, 0.05) is 11.3 Å². The normalized spacial score (nSPS) is 14.5. The number of anilines is 1. The van der Waals surface area contributed by atoms with Crippen LogP contribution in [-0.2, 0) is 16.1 Å². The van der Waals surface area contributed by atoms with E-state index < -0.39 is 0 Å². The maximum absolute atomic E-state index is 12.9. The monoisotopic (exact) mass is 472 g/mol. The number of nitrogens with one attached hydrogen (secondary N) is 1. The second-order valence-electron chi connectivity index (χ2n) is 7.93. The zero-order valence-corrected chi connectivity index (χ0v) is 19.7. The molecule has 1 N–H and O–H groups in total.